The zero-order valence-electron chi connectivity index (χ0n) is 13.7. The van der Waals surface area contributed by atoms with E-state index in [-0.39, 0.29) is 5.82 Å². The van der Waals surface area contributed by atoms with E-state index in [0.29, 0.717) is 5.92 Å². The van der Waals surface area contributed by atoms with Gasteiger partial charge in [0.2, 0.25) is 0 Å². The summed E-state index contributed by atoms with van der Waals surface area (Å²) in [6.07, 6.45) is 3.78. The highest BCUT2D eigenvalue weighted by molar-refractivity contribution is 5.19. The van der Waals surface area contributed by atoms with Gasteiger partial charge in [0.15, 0.2) is 0 Å². The van der Waals surface area contributed by atoms with Crippen LogP contribution in [0.25, 0.3) is 0 Å². The highest BCUT2D eigenvalue weighted by atomic mass is 19.1. The number of hydrogen-bond donors (Lipinski definition) is 1. The van der Waals surface area contributed by atoms with E-state index >= 15 is 0 Å². The van der Waals surface area contributed by atoms with Crippen LogP contribution in [-0.2, 0) is 13.0 Å². The van der Waals surface area contributed by atoms with Crippen LogP contribution in [0.1, 0.15) is 29.2 Å². The van der Waals surface area contributed by atoms with Gasteiger partial charge >= 0.3 is 0 Å². The Bertz CT molecular complexity index is 707. The molecule has 1 heterocycles. The second-order valence-corrected chi connectivity index (χ2v) is 6.10. The Morgan fingerprint density at radius 3 is 2.38 bits per heavy atom. The molecule has 0 spiro atoms. The Morgan fingerprint density at radius 1 is 0.875 bits per heavy atom. The van der Waals surface area contributed by atoms with Crippen LogP contribution < -0.4 is 5.32 Å². The van der Waals surface area contributed by atoms with E-state index in [1.807, 2.05) is 24.3 Å². The SMILES string of the molecule is Fc1ccc(C[NH2+]CC[C@H](Cc2ccccc2)c2ccco2)cc1. The molecule has 3 heteroatoms. The van der Waals surface area contributed by atoms with Gasteiger partial charge in [-0.05, 0) is 36.2 Å². The van der Waals surface area contributed by atoms with E-state index in [1.54, 1.807) is 6.26 Å². The van der Waals surface area contributed by atoms with Crippen LogP contribution in [0.5, 0.6) is 0 Å². The lowest BCUT2D eigenvalue weighted by molar-refractivity contribution is -0.671. The summed E-state index contributed by atoms with van der Waals surface area (Å²) in [5.74, 6) is 1.25. The highest BCUT2D eigenvalue weighted by Gasteiger charge is 2.16. The lowest BCUT2D eigenvalue weighted by Gasteiger charge is -2.14. The zero-order valence-corrected chi connectivity index (χ0v) is 13.7. The van der Waals surface area contributed by atoms with Crippen LogP contribution in [0.4, 0.5) is 4.39 Å². The van der Waals surface area contributed by atoms with E-state index in [9.17, 15) is 4.39 Å². The quantitative estimate of drug-likeness (QED) is 0.626. The molecule has 2 N–H and O–H groups in total. The lowest BCUT2D eigenvalue weighted by Crippen LogP contribution is -2.82. The summed E-state index contributed by atoms with van der Waals surface area (Å²) in [5.41, 5.74) is 2.48. The van der Waals surface area contributed by atoms with Crippen molar-refractivity contribution in [2.24, 2.45) is 0 Å². The predicted molar refractivity (Wildman–Crippen MR) is 93.1 cm³/mol. The molecule has 0 saturated heterocycles. The van der Waals surface area contributed by atoms with Crippen LogP contribution in [0.3, 0.4) is 0 Å². The molecule has 0 amide bonds. The fourth-order valence-corrected chi connectivity index (χ4v) is 2.98. The number of rotatable bonds is 8. The largest absolute Gasteiger partial charge is 0.469 e. The maximum absolute atomic E-state index is 12.9. The number of nitrogens with two attached hydrogens (primary N) is 1. The molecule has 0 aliphatic rings. The van der Waals surface area contributed by atoms with Gasteiger partial charge in [0, 0.05) is 17.9 Å². The summed E-state index contributed by atoms with van der Waals surface area (Å²) in [6, 6.07) is 21.3. The van der Waals surface area contributed by atoms with Crippen molar-refractivity contribution in [3.8, 4) is 0 Å². The van der Waals surface area contributed by atoms with Crippen molar-refractivity contribution in [2.45, 2.75) is 25.3 Å². The summed E-state index contributed by atoms with van der Waals surface area (Å²) in [6.45, 7) is 1.88. The van der Waals surface area contributed by atoms with Crippen molar-refractivity contribution in [1.29, 1.82) is 0 Å². The lowest BCUT2D eigenvalue weighted by atomic mass is 9.94. The van der Waals surface area contributed by atoms with Crippen molar-refractivity contribution in [1.82, 2.24) is 0 Å². The standard InChI is InChI=1S/C21H22FNO/c22-20-10-8-18(9-11-20)16-23-13-12-19(21-7-4-14-24-21)15-17-5-2-1-3-6-17/h1-11,14,19,23H,12-13,15-16H2/p+1/t19-/m1/s1. The van der Waals surface area contributed by atoms with Crippen molar-refractivity contribution in [3.63, 3.8) is 0 Å². The molecule has 0 aliphatic heterocycles. The van der Waals surface area contributed by atoms with Gasteiger partial charge in [-0.15, -0.1) is 0 Å². The van der Waals surface area contributed by atoms with Gasteiger partial charge in [-0.1, -0.05) is 42.5 Å². The van der Waals surface area contributed by atoms with Crippen LogP contribution in [0, 0.1) is 5.82 Å². The smallest absolute Gasteiger partial charge is 0.123 e. The van der Waals surface area contributed by atoms with Crippen LogP contribution in [0.2, 0.25) is 0 Å². The minimum atomic E-state index is -0.181. The first-order valence-corrected chi connectivity index (χ1v) is 8.44. The molecular formula is C21H23FNO+. The maximum atomic E-state index is 12.9. The van der Waals surface area contributed by atoms with E-state index in [2.05, 4.69) is 35.6 Å². The molecule has 1 atom stereocenters. The van der Waals surface area contributed by atoms with Crippen LogP contribution >= 0.6 is 0 Å². The number of halogens is 1. The summed E-state index contributed by atoms with van der Waals surface area (Å²) < 4.78 is 18.6. The normalized spacial score (nSPS) is 12.2. The number of furan rings is 1. The molecule has 0 aliphatic carbocycles. The third-order valence-corrected chi connectivity index (χ3v) is 4.28. The second-order valence-electron chi connectivity index (χ2n) is 6.10. The van der Waals surface area contributed by atoms with Gasteiger partial charge in [-0.3, -0.25) is 0 Å². The topological polar surface area (TPSA) is 29.8 Å². The van der Waals surface area contributed by atoms with E-state index in [4.69, 9.17) is 4.42 Å². The third kappa shape index (κ3) is 4.80. The molecule has 1 aromatic heterocycles. The van der Waals surface area contributed by atoms with Gasteiger partial charge in [-0.2, -0.15) is 0 Å². The molecule has 124 valence electrons. The van der Waals surface area contributed by atoms with Crippen molar-refractivity contribution in [2.75, 3.05) is 6.54 Å². The first-order valence-electron chi connectivity index (χ1n) is 8.44. The number of benzene rings is 2. The Kier molecular flexibility index (Phi) is 5.80. The fraction of sp³-hybridized carbons (Fsp3) is 0.238. The van der Waals surface area contributed by atoms with Gasteiger partial charge < -0.3 is 9.73 Å². The first-order chi connectivity index (χ1) is 11.8. The summed E-state index contributed by atoms with van der Waals surface area (Å²) in [4.78, 5) is 0. The average Bonchev–Trinajstić information content (AvgIpc) is 3.14. The molecule has 3 aromatic rings. The molecule has 24 heavy (non-hydrogen) atoms. The minimum Gasteiger partial charge on any atom is -0.469 e. The molecule has 2 aromatic carbocycles. The molecule has 0 fully saturated rings. The molecule has 0 unspecified atom stereocenters. The van der Waals surface area contributed by atoms with Gasteiger partial charge in [0.1, 0.15) is 18.1 Å². The van der Waals surface area contributed by atoms with Gasteiger partial charge in [0.05, 0.1) is 12.8 Å². The van der Waals surface area contributed by atoms with Crippen LogP contribution in [-0.4, -0.2) is 6.54 Å². The van der Waals surface area contributed by atoms with Crippen molar-refractivity contribution >= 4 is 0 Å². The second kappa shape index (κ2) is 8.46. The van der Waals surface area contributed by atoms with Crippen LogP contribution in [0.15, 0.2) is 77.4 Å². The van der Waals surface area contributed by atoms with E-state index < -0.39 is 0 Å². The molecule has 0 radical (unpaired) electrons. The first kappa shape index (κ1) is 16.5. The molecule has 0 saturated carbocycles. The molecular weight excluding hydrogens is 301 g/mol. The van der Waals surface area contributed by atoms with E-state index in [0.717, 1.165) is 37.3 Å². The zero-order chi connectivity index (χ0) is 16.6. The fourth-order valence-electron chi connectivity index (χ4n) is 2.98. The van der Waals surface area contributed by atoms with Gasteiger partial charge in [0.25, 0.3) is 0 Å². The average molecular weight is 324 g/mol. The molecule has 3 rings (SSSR count). The Labute approximate surface area is 142 Å². The number of hydrogen-bond acceptors (Lipinski definition) is 1. The van der Waals surface area contributed by atoms with E-state index in [1.165, 1.54) is 17.7 Å². The summed E-state index contributed by atoms with van der Waals surface area (Å²) >= 11 is 0. The monoisotopic (exact) mass is 324 g/mol. The van der Waals surface area contributed by atoms with Gasteiger partial charge in [-0.25, -0.2) is 4.39 Å². The molecule has 0 bridgehead atoms. The Morgan fingerprint density at radius 2 is 1.67 bits per heavy atom. The number of quaternary nitrogens is 1. The van der Waals surface area contributed by atoms with Crippen molar-refractivity contribution in [3.05, 3.63) is 95.7 Å². The predicted octanol–water partition coefficient (Wildman–Crippen LogP) is 3.90. The highest BCUT2D eigenvalue weighted by Crippen LogP contribution is 2.24. The minimum absolute atomic E-state index is 0.181. The maximum Gasteiger partial charge on any atom is 0.123 e. The summed E-state index contributed by atoms with van der Waals surface area (Å²) in [7, 11) is 0. The van der Waals surface area contributed by atoms with Crippen molar-refractivity contribution < 1.29 is 14.1 Å². The third-order valence-electron chi connectivity index (χ3n) is 4.28. The Hall–Kier alpha value is -2.39. The summed E-state index contributed by atoms with van der Waals surface area (Å²) in [5, 5.41) is 2.27. The Balaban J connectivity index is 1.53. The molecule has 2 nitrogen and oxygen atoms in total.